The highest BCUT2D eigenvalue weighted by atomic mass is 32.2. The van der Waals surface area contributed by atoms with E-state index in [-0.39, 0.29) is 17.9 Å². The van der Waals surface area contributed by atoms with Gasteiger partial charge >= 0.3 is 5.97 Å². The Balaban J connectivity index is 2.20. The SMILES string of the molecule is CCCc1nnc(SCC(=O)O)n1C(C)C1CCCO1. The van der Waals surface area contributed by atoms with Crippen LogP contribution in [0.3, 0.4) is 0 Å². The van der Waals surface area contributed by atoms with E-state index < -0.39 is 5.97 Å². The zero-order chi connectivity index (χ0) is 14.5. The third-order valence-corrected chi connectivity index (χ3v) is 4.37. The number of nitrogens with zero attached hydrogens (tertiary/aromatic N) is 3. The number of aliphatic carboxylic acids is 1. The van der Waals surface area contributed by atoms with Crippen LogP contribution < -0.4 is 0 Å². The molecule has 2 atom stereocenters. The van der Waals surface area contributed by atoms with Gasteiger partial charge in [-0.1, -0.05) is 18.7 Å². The lowest BCUT2D eigenvalue weighted by atomic mass is 10.1. The third-order valence-electron chi connectivity index (χ3n) is 3.44. The quantitative estimate of drug-likeness (QED) is 0.777. The first-order valence-corrected chi connectivity index (χ1v) is 8.02. The van der Waals surface area contributed by atoms with Crippen molar-refractivity contribution in [2.45, 2.75) is 56.8 Å². The average molecular weight is 299 g/mol. The lowest BCUT2D eigenvalue weighted by Crippen LogP contribution is -2.23. The molecule has 1 saturated heterocycles. The summed E-state index contributed by atoms with van der Waals surface area (Å²) in [5, 5.41) is 17.9. The van der Waals surface area contributed by atoms with E-state index in [9.17, 15) is 4.79 Å². The van der Waals surface area contributed by atoms with Crippen molar-refractivity contribution in [3.05, 3.63) is 5.82 Å². The Bertz CT molecular complexity index is 458. The normalized spacial score (nSPS) is 20.2. The second kappa shape index (κ2) is 7.08. The van der Waals surface area contributed by atoms with Crippen molar-refractivity contribution in [1.29, 1.82) is 0 Å². The number of rotatable bonds is 7. The Morgan fingerprint density at radius 1 is 1.60 bits per heavy atom. The number of carboxylic acids is 1. The van der Waals surface area contributed by atoms with Crippen molar-refractivity contribution in [2.24, 2.45) is 0 Å². The maximum Gasteiger partial charge on any atom is 0.313 e. The van der Waals surface area contributed by atoms with Gasteiger partial charge in [-0.3, -0.25) is 4.79 Å². The highest BCUT2D eigenvalue weighted by molar-refractivity contribution is 7.99. The summed E-state index contributed by atoms with van der Waals surface area (Å²) in [6.07, 6.45) is 4.12. The highest BCUT2D eigenvalue weighted by Gasteiger charge is 2.28. The fourth-order valence-corrected chi connectivity index (χ4v) is 3.25. The molecule has 1 aliphatic rings. The fourth-order valence-electron chi connectivity index (χ4n) is 2.48. The van der Waals surface area contributed by atoms with Crippen LogP contribution in [0.4, 0.5) is 0 Å². The number of hydrogen-bond donors (Lipinski definition) is 1. The summed E-state index contributed by atoms with van der Waals surface area (Å²) in [4.78, 5) is 10.7. The smallest absolute Gasteiger partial charge is 0.313 e. The molecule has 112 valence electrons. The molecule has 0 aromatic carbocycles. The molecule has 0 radical (unpaired) electrons. The Hall–Kier alpha value is -1.08. The summed E-state index contributed by atoms with van der Waals surface area (Å²) in [6.45, 7) is 5.00. The maximum atomic E-state index is 10.7. The maximum absolute atomic E-state index is 10.7. The second-order valence-electron chi connectivity index (χ2n) is 4.99. The molecule has 0 aliphatic carbocycles. The lowest BCUT2D eigenvalue weighted by molar-refractivity contribution is -0.133. The average Bonchev–Trinajstić information content (AvgIpc) is 3.05. The van der Waals surface area contributed by atoms with Crippen molar-refractivity contribution in [3.63, 3.8) is 0 Å². The first-order chi connectivity index (χ1) is 9.63. The minimum absolute atomic E-state index is 0.00248. The Morgan fingerprint density at radius 2 is 2.40 bits per heavy atom. The number of ether oxygens (including phenoxy) is 1. The summed E-state index contributed by atoms with van der Waals surface area (Å²) in [6, 6.07) is 0.144. The van der Waals surface area contributed by atoms with Crippen LogP contribution in [0.25, 0.3) is 0 Å². The fraction of sp³-hybridized carbons (Fsp3) is 0.769. The zero-order valence-corrected chi connectivity index (χ0v) is 12.7. The van der Waals surface area contributed by atoms with Crippen molar-refractivity contribution < 1.29 is 14.6 Å². The largest absolute Gasteiger partial charge is 0.481 e. The number of aromatic nitrogens is 3. The van der Waals surface area contributed by atoms with Crippen LogP contribution in [0.5, 0.6) is 0 Å². The highest BCUT2D eigenvalue weighted by Crippen LogP contribution is 2.29. The molecule has 2 heterocycles. The van der Waals surface area contributed by atoms with Crippen LogP contribution >= 0.6 is 11.8 Å². The summed E-state index contributed by atoms with van der Waals surface area (Å²) in [5.41, 5.74) is 0. The van der Waals surface area contributed by atoms with Crippen molar-refractivity contribution in [3.8, 4) is 0 Å². The Kier molecular flexibility index (Phi) is 5.42. The van der Waals surface area contributed by atoms with Crippen LogP contribution in [0.1, 0.15) is 45.0 Å². The van der Waals surface area contributed by atoms with Crippen molar-refractivity contribution in [2.75, 3.05) is 12.4 Å². The molecule has 6 nitrogen and oxygen atoms in total. The molecule has 1 N–H and O–H groups in total. The topological polar surface area (TPSA) is 77.2 Å². The molecule has 2 unspecified atom stereocenters. The summed E-state index contributed by atoms with van der Waals surface area (Å²) < 4.78 is 7.81. The monoisotopic (exact) mass is 299 g/mol. The molecule has 1 fully saturated rings. The summed E-state index contributed by atoms with van der Waals surface area (Å²) >= 11 is 1.22. The van der Waals surface area contributed by atoms with Crippen molar-refractivity contribution >= 4 is 17.7 Å². The van der Waals surface area contributed by atoms with Gasteiger partial charge in [-0.25, -0.2) is 0 Å². The van der Waals surface area contributed by atoms with Gasteiger partial charge in [-0.15, -0.1) is 10.2 Å². The first kappa shape index (κ1) is 15.3. The molecule has 2 rings (SSSR count). The van der Waals surface area contributed by atoms with Gasteiger partial charge in [0, 0.05) is 13.0 Å². The number of carboxylic acid groups (broad SMARTS) is 1. The van der Waals surface area contributed by atoms with E-state index in [2.05, 4.69) is 28.6 Å². The second-order valence-corrected chi connectivity index (χ2v) is 5.94. The van der Waals surface area contributed by atoms with Gasteiger partial charge in [-0.2, -0.15) is 0 Å². The lowest BCUT2D eigenvalue weighted by Gasteiger charge is -2.23. The van der Waals surface area contributed by atoms with Crippen LogP contribution in [0.15, 0.2) is 5.16 Å². The van der Waals surface area contributed by atoms with E-state index in [1.54, 1.807) is 0 Å². The van der Waals surface area contributed by atoms with Crippen LogP contribution in [0.2, 0.25) is 0 Å². The van der Waals surface area contributed by atoms with Gasteiger partial charge in [0.2, 0.25) is 0 Å². The first-order valence-electron chi connectivity index (χ1n) is 7.03. The minimum atomic E-state index is -0.841. The predicted molar refractivity (Wildman–Crippen MR) is 76.1 cm³/mol. The Morgan fingerprint density at radius 3 is 3.00 bits per heavy atom. The van der Waals surface area contributed by atoms with Crippen LogP contribution in [-0.2, 0) is 16.0 Å². The molecule has 0 saturated carbocycles. The number of hydrogen-bond acceptors (Lipinski definition) is 5. The predicted octanol–water partition coefficient (Wildman–Crippen LogP) is 2.15. The van der Waals surface area contributed by atoms with E-state index in [0.717, 1.165) is 38.1 Å². The van der Waals surface area contributed by atoms with E-state index in [1.165, 1.54) is 11.8 Å². The summed E-state index contributed by atoms with van der Waals surface area (Å²) in [5.74, 6) is 0.0810. The number of aryl methyl sites for hydroxylation is 1. The molecule has 0 spiro atoms. The molecular weight excluding hydrogens is 278 g/mol. The van der Waals surface area contributed by atoms with E-state index in [4.69, 9.17) is 9.84 Å². The number of thioether (sulfide) groups is 1. The van der Waals surface area contributed by atoms with Gasteiger partial charge in [-0.05, 0) is 26.2 Å². The van der Waals surface area contributed by atoms with Crippen LogP contribution in [-0.4, -0.2) is 44.3 Å². The van der Waals surface area contributed by atoms with Gasteiger partial charge in [0.15, 0.2) is 5.16 Å². The Labute approximate surface area is 122 Å². The summed E-state index contributed by atoms with van der Waals surface area (Å²) in [7, 11) is 0. The van der Waals surface area contributed by atoms with E-state index in [0.29, 0.717) is 5.16 Å². The van der Waals surface area contributed by atoms with Crippen LogP contribution in [0, 0.1) is 0 Å². The van der Waals surface area contributed by atoms with E-state index in [1.807, 2.05) is 0 Å². The molecule has 1 aliphatic heterocycles. The molecule has 7 heteroatoms. The van der Waals surface area contributed by atoms with Gasteiger partial charge in [0.25, 0.3) is 0 Å². The van der Waals surface area contributed by atoms with Crippen molar-refractivity contribution in [1.82, 2.24) is 14.8 Å². The minimum Gasteiger partial charge on any atom is -0.481 e. The van der Waals surface area contributed by atoms with E-state index >= 15 is 0 Å². The van der Waals surface area contributed by atoms with Gasteiger partial charge in [0.05, 0.1) is 17.9 Å². The molecule has 1 aromatic heterocycles. The molecule has 1 aromatic rings. The third kappa shape index (κ3) is 3.52. The standard InChI is InChI=1S/C13H21N3O3S/c1-3-5-11-14-15-13(20-8-12(17)18)16(11)9(2)10-6-4-7-19-10/h9-10H,3-8H2,1-2H3,(H,17,18). The van der Waals surface area contributed by atoms with Gasteiger partial charge in [0.1, 0.15) is 5.82 Å². The molecular formula is C13H21N3O3S. The molecule has 0 amide bonds. The molecule has 20 heavy (non-hydrogen) atoms. The zero-order valence-electron chi connectivity index (χ0n) is 11.9. The number of carbonyl (C=O) groups is 1. The molecule has 0 bridgehead atoms. The van der Waals surface area contributed by atoms with Gasteiger partial charge < -0.3 is 14.4 Å².